The zero-order valence-corrected chi connectivity index (χ0v) is 12.4. The number of nitrogens with zero attached hydrogens (tertiary/aromatic N) is 1. The number of para-hydroxylation sites is 1. The van der Waals surface area contributed by atoms with Gasteiger partial charge >= 0.3 is 5.97 Å². The third-order valence-corrected chi connectivity index (χ3v) is 4.00. The lowest BCUT2D eigenvalue weighted by Crippen LogP contribution is -2.56. The topological polar surface area (TPSA) is 119 Å². The molecule has 118 valence electrons. The number of primary amides is 1. The van der Waals surface area contributed by atoms with Gasteiger partial charge in [-0.15, -0.1) is 0 Å². The molecule has 0 spiro atoms. The average Bonchev–Trinajstić information content (AvgIpc) is 2.49. The lowest BCUT2D eigenvalue weighted by atomic mass is 9.74. The molecule has 5 N–H and O–H groups in total. The van der Waals surface area contributed by atoms with Crippen LogP contribution in [-0.4, -0.2) is 37.2 Å². The van der Waals surface area contributed by atoms with Crippen LogP contribution in [0.25, 0.3) is 0 Å². The van der Waals surface area contributed by atoms with Crippen LogP contribution >= 0.6 is 0 Å². The van der Waals surface area contributed by atoms with E-state index in [2.05, 4.69) is 0 Å². The number of nitrogens with two attached hydrogens (primary N) is 2. The maximum atomic E-state index is 12.0. The second-order valence-electron chi connectivity index (χ2n) is 5.19. The molecule has 1 aliphatic heterocycles. The molecule has 22 heavy (non-hydrogen) atoms. The van der Waals surface area contributed by atoms with Gasteiger partial charge in [-0.25, -0.2) is 0 Å². The molecule has 1 aromatic rings. The number of carboxylic acids is 1. The van der Waals surface area contributed by atoms with E-state index in [0.29, 0.717) is 5.56 Å². The molecule has 1 amide bonds. The molecule has 0 bridgehead atoms. The highest BCUT2D eigenvalue weighted by molar-refractivity contribution is 5.88. The highest BCUT2D eigenvalue weighted by Gasteiger charge is 2.50. The largest absolute Gasteiger partial charge is 0.480 e. The van der Waals surface area contributed by atoms with E-state index in [0.717, 1.165) is 5.69 Å². The Bertz CT molecular complexity index is 631. The minimum Gasteiger partial charge on any atom is -0.480 e. The number of hydrogen-bond acceptors (Lipinski definition) is 5. The predicted molar refractivity (Wildman–Crippen MR) is 81.0 cm³/mol. The highest BCUT2D eigenvalue weighted by atomic mass is 16.5. The van der Waals surface area contributed by atoms with E-state index in [9.17, 15) is 14.7 Å². The molecule has 2 rings (SSSR count). The molecule has 1 heterocycles. The van der Waals surface area contributed by atoms with Gasteiger partial charge in [0.25, 0.3) is 0 Å². The third kappa shape index (κ3) is 2.34. The first-order valence-corrected chi connectivity index (χ1v) is 6.69. The molecule has 3 unspecified atom stereocenters. The summed E-state index contributed by atoms with van der Waals surface area (Å²) in [6.45, 7) is 0. The van der Waals surface area contributed by atoms with Crippen LogP contribution in [0.4, 0.5) is 5.69 Å². The average molecular weight is 305 g/mol. The second-order valence-corrected chi connectivity index (χ2v) is 5.19. The van der Waals surface area contributed by atoms with Crippen LogP contribution in [0.1, 0.15) is 5.56 Å². The summed E-state index contributed by atoms with van der Waals surface area (Å²) in [5.41, 5.74) is 11.3. The first kappa shape index (κ1) is 16.0. The number of hydrogen-bond donors (Lipinski definition) is 3. The van der Waals surface area contributed by atoms with Crippen molar-refractivity contribution < 1.29 is 19.4 Å². The normalized spacial score (nSPS) is 22.8. The Morgan fingerprint density at radius 2 is 2.00 bits per heavy atom. The van der Waals surface area contributed by atoms with Crippen molar-refractivity contribution >= 4 is 17.6 Å². The van der Waals surface area contributed by atoms with Crippen LogP contribution < -0.4 is 16.4 Å². The molecular weight excluding hydrogens is 286 g/mol. The number of aliphatic carboxylic acids is 1. The number of rotatable bonds is 5. The minimum absolute atomic E-state index is 0.642. The van der Waals surface area contributed by atoms with Crippen LogP contribution in [0.3, 0.4) is 0 Å². The lowest BCUT2D eigenvalue weighted by Gasteiger charge is -2.42. The number of carboxylic acid groups (broad SMARTS) is 1. The zero-order valence-electron chi connectivity index (χ0n) is 12.4. The summed E-state index contributed by atoms with van der Waals surface area (Å²) < 4.78 is 5.59. The molecule has 0 aromatic heterocycles. The quantitative estimate of drug-likeness (QED) is 0.705. The number of fused-ring (bicyclic) bond motifs is 1. The van der Waals surface area contributed by atoms with Gasteiger partial charge in [0.2, 0.25) is 5.91 Å². The number of carbonyl (C=O) groups is 2. The molecule has 1 aromatic carbocycles. The monoisotopic (exact) mass is 305 g/mol. The first-order valence-electron chi connectivity index (χ1n) is 6.69. The van der Waals surface area contributed by atoms with Crippen molar-refractivity contribution in [1.29, 1.82) is 0 Å². The van der Waals surface area contributed by atoms with Crippen molar-refractivity contribution in [3.05, 3.63) is 42.1 Å². The van der Waals surface area contributed by atoms with Gasteiger partial charge in [0.05, 0.1) is 0 Å². The van der Waals surface area contributed by atoms with E-state index >= 15 is 0 Å². The Morgan fingerprint density at radius 1 is 1.36 bits per heavy atom. The van der Waals surface area contributed by atoms with Gasteiger partial charge < -0.3 is 26.2 Å². The number of anilines is 1. The molecule has 0 fully saturated rings. The highest BCUT2D eigenvalue weighted by Crippen LogP contribution is 2.44. The summed E-state index contributed by atoms with van der Waals surface area (Å²) >= 11 is 0. The number of benzene rings is 1. The van der Waals surface area contributed by atoms with Crippen molar-refractivity contribution in [2.45, 2.75) is 11.6 Å². The second kappa shape index (κ2) is 5.78. The van der Waals surface area contributed by atoms with E-state index < -0.39 is 29.4 Å². The van der Waals surface area contributed by atoms with E-state index in [4.69, 9.17) is 16.2 Å². The standard InChI is InChI=1S/C15H19N3O4/c1-18-8-7-15(22-2,9-5-3-4-6-10(9)18)11(13(17)19)12(16)14(20)21/h3-8,11-12H,16H2,1-2H3,(H2,17,19)(H,20,21). The molecule has 0 saturated heterocycles. The number of ether oxygens (including phenoxy) is 1. The molecule has 7 nitrogen and oxygen atoms in total. The summed E-state index contributed by atoms with van der Waals surface area (Å²) in [5, 5.41) is 9.22. The Hall–Kier alpha value is -2.38. The number of amides is 1. The van der Waals surface area contributed by atoms with Crippen molar-refractivity contribution in [2.24, 2.45) is 17.4 Å². The summed E-state index contributed by atoms with van der Waals surface area (Å²) in [6.07, 6.45) is 3.32. The Kier molecular flexibility index (Phi) is 4.20. The summed E-state index contributed by atoms with van der Waals surface area (Å²) in [4.78, 5) is 25.1. The SMILES string of the molecule is COC1(C(C(N)=O)C(N)C(=O)O)C=CN(C)c2ccccc21. The Labute approximate surface area is 128 Å². The zero-order chi connectivity index (χ0) is 16.5. The number of methoxy groups -OCH3 is 1. The predicted octanol–water partition coefficient (Wildman–Crippen LogP) is 0.00520. The van der Waals surface area contributed by atoms with E-state index in [1.165, 1.54) is 7.11 Å². The molecule has 0 saturated carbocycles. The van der Waals surface area contributed by atoms with Gasteiger partial charge in [-0.05, 0) is 12.1 Å². The molecule has 1 aliphatic rings. The maximum absolute atomic E-state index is 12.0. The fraction of sp³-hybridized carbons (Fsp3) is 0.333. The first-order chi connectivity index (χ1) is 10.3. The van der Waals surface area contributed by atoms with Crippen LogP contribution in [0.5, 0.6) is 0 Å². The van der Waals surface area contributed by atoms with Gasteiger partial charge in [-0.2, -0.15) is 0 Å². The van der Waals surface area contributed by atoms with Crippen LogP contribution in [0, 0.1) is 5.92 Å². The lowest BCUT2D eigenvalue weighted by molar-refractivity contribution is -0.149. The summed E-state index contributed by atoms with van der Waals surface area (Å²) in [6, 6.07) is 5.74. The van der Waals surface area contributed by atoms with Crippen molar-refractivity contribution in [1.82, 2.24) is 0 Å². The van der Waals surface area contributed by atoms with Gasteiger partial charge in [0.15, 0.2) is 0 Å². The van der Waals surface area contributed by atoms with E-state index in [1.54, 1.807) is 24.4 Å². The summed E-state index contributed by atoms with van der Waals surface area (Å²) in [7, 11) is 3.24. The van der Waals surface area contributed by atoms with Gasteiger partial charge in [0, 0.05) is 31.6 Å². The van der Waals surface area contributed by atoms with Gasteiger partial charge in [-0.3, -0.25) is 9.59 Å². The van der Waals surface area contributed by atoms with Crippen molar-refractivity contribution in [2.75, 3.05) is 19.1 Å². The van der Waals surface area contributed by atoms with Crippen LogP contribution in [0.15, 0.2) is 36.5 Å². The van der Waals surface area contributed by atoms with Gasteiger partial charge in [0.1, 0.15) is 17.6 Å². The Morgan fingerprint density at radius 3 is 2.55 bits per heavy atom. The Balaban J connectivity index is 2.68. The van der Waals surface area contributed by atoms with E-state index in [-0.39, 0.29) is 0 Å². The number of carbonyl (C=O) groups excluding carboxylic acids is 1. The fourth-order valence-corrected chi connectivity index (χ4v) is 2.88. The molecule has 0 aliphatic carbocycles. The smallest absolute Gasteiger partial charge is 0.321 e. The third-order valence-electron chi connectivity index (χ3n) is 4.00. The van der Waals surface area contributed by atoms with Crippen molar-refractivity contribution in [3.63, 3.8) is 0 Å². The maximum Gasteiger partial charge on any atom is 0.321 e. The molecule has 3 atom stereocenters. The van der Waals surface area contributed by atoms with E-state index in [1.807, 2.05) is 24.1 Å². The van der Waals surface area contributed by atoms with Gasteiger partial charge in [-0.1, -0.05) is 18.2 Å². The van der Waals surface area contributed by atoms with Crippen LogP contribution in [0.2, 0.25) is 0 Å². The van der Waals surface area contributed by atoms with Crippen molar-refractivity contribution in [3.8, 4) is 0 Å². The fourth-order valence-electron chi connectivity index (χ4n) is 2.88. The van der Waals surface area contributed by atoms with Crippen LogP contribution in [-0.2, 0) is 19.9 Å². The molecule has 0 radical (unpaired) electrons. The molecule has 7 heteroatoms. The molecular formula is C15H19N3O4. The summed E-state index contributed by atoms with van der Waals surface area (Å²) in [5.74, 6) is -3.40. The minimum atomic E-state index is -1.49.